The van der Waals surface area contributed by atoms with Crippen LogP contribution in [0.3, 0.4) is 0 Å². The molecule has 0 unspecified atom stereocenters. The van der Waals surface area contributed by atoms with Gasteiger partial charge >= 0.3 is 0 Å². The zero-order valence-corrected chi connectivity index (χ0v) is 22.5. The Morgan fingerprint density at radius 1 is 0.850 bits per heavy atom. The lowest BCUT2D eigenvalue weighted by Gasteiger charge is -2.19. The van der Waals surface area contributed by atoms with Crippen molar-refractivity contribution in [3.63, 3.8) is 0 Å². The Balaban J connectivity index is 1.14. The van der Waals surface area contributed by atoms with Crippen molar-refractivity contribution in [3.05, 3.63) is 124 Å². The quantitative estimate of drug-likeness (QED) is 0.252. The average Bonchev–Trinajstić information content (AvgIpc) is 3.51. The molecule has 2 N–H and O–H groups in total. The molecule has 0 radical (unpaired) electrons. The number of fused-ring (bicyclic) bond motifs is 7. The average molecular weight is 523 g/mol. The topological polar surface area (TPSA) is 53.3 Å². The summed E-state index contributed by atoms with van der Waals surface area (Å²) in [7, 11) is 0. The number of hydrogen-bond donors (Lipinski definition) is 1. The summed E-state index contributed by atoms with van der Waals surface area (Å²) in [5, 5.41) is 3.66. The maximum atomic E-state index is 6.49. The summed E-state index contributed by atoms with van der Waals surface area (Å²) in [5.74, 6) is 1.72. The molecular formula is C36H30N2O2. The van der Waals surface area contributed by atoms with Crippen LogP contribution in [0.25, 0.3) is 50.3 Å². The van der Waals surface area contributed by atoms with Crippen molar-refractivity contribution in [1.29, 1.82) is 0 Å². The van der Waals surface area contributed by atoms with E-state index in [1.165, 1.54) is 38.5 Å². The predicted octanol–water partition coefficient (Wildman–Crippen LogP) is 8.59. The SMILES string of the molecule is Cc1ccc2oc3c(c2c1)C(OCc1ccc(-n2c4ccccc4c4cc5c(cc42)CCC=C5)cc1)=C(N)CC3. The van der Waals surface area contributed by atoms with Gasteiger partial charge in [-0.1, -0.05) is 54.1 Å². The molecule has 196 valence electrons. The van der Waals surface area contributed by atoms with Crippen molar-refractivity contribution >= 4 is 44.6 Å². The van der Waals surface area contributed by atoms with Crippen LogP contribution in [0.5, 0.6) is 0 Å². The van der Waals surface area contributed by atoms with Crippen LogP contribution < -0.4 is 5.73 Å². The molecule has 4 nitrogen and oxygen atoms in total. The van der Waals surface area contributed by atoms with Gasteiger partial charge in [0.05, 0.1) is 22.3 Å². The third kappa shape index (κ3) is 3.60. The van der Waals surface area contributed by atoms with Gasteiger partial charge in [0, 0.05) is 28.3 Å². The molecule has 2 heterocycles. The van der Waals surface area contributed by atoms with Crippen molar-refractivity contribution < 1.29 is 9.15 Å². The number of para-hydroxylation sites is 1. The second kappa shape index (κ2) is 8.92. The number of aromatic nitrogens is 1. The van der Waals surface area contributed by atoms with Gasteiger partial charge in [0.25, 0.3) is 0 Å². The maximum absolute atomic E-state index is 6.49. The second-order valence-corrected chi connectivity index (χ2v) is 11.1. The lowest BCUT2D eigenvalue weighted by molar-refractivity contribution is 0.258. The molecule has 0 saturated heterocycles. The van der Waals surface area contributed by atoms with Crippen molar-refractivity contribution in [3.8, 4) is 5.69 Å². The third-order valence-corrected chi connectivity index (χ3v) is 8.45. The Labute approximate surface area is 233 Å². The number of rotatable bonds is 4. The number of nitrogens with zero attached hydrogens (tertiary/aromatic N) is 1. The van der Waals surface area contributed by atoms with E-state index < -0.39 is 0 Å². The standard InChI is InChI=1S/C36H30N2O2/c1-22-10-16-33-29(18-22)35-34(40-33)17-15-30(37)36(35)39-21-23-11-13-26(14-12-23)38-31-9-5-4-8-27(31)28-19-24-6-2-3-7-25(24)20-32(28)38/h2,4-6,8-14,16,18-20H,3,7,15,17,21,37H2,1H3. The number of benzene rings is 4. The van der Waals surface area contributed by atoms with E-state index >= 15 is 0 Å². The molecule has 2 aliphatic carbocycles. The summed E-state index contributed by atoms with van der Waals surface area (Å²) in [6.07, 6.45) is 8.28. The Kier molecular flexibility index (Phi) is 5.18. The molecule has 0 saturated carbocycles. The van der Waals surface area contributed by atoms with E-state index in [1.807, 2.05) is 6.07 Å². The lowest BCUT2D eigenvalue weighted by Crippen LogP contribution is -2.12. The molecule has 0 amide bonds. The normalized spacial score (nSPS) is 14.7. The van der Waals surface area contributed by atoms with Crippen LogP contribution in [-0.2, 0) is 24.2 Å². The molecule has 6 aromatic rings. The Morgan fingerprint density at radius 3 is 2.62 bits per heavy atom. The van der Waals surface area contributed by atoms with Gasteiger partial charge in [-0.15, -0.1) is 0 Å². The lowest BCUT2D eigenvalue weighted by atomic mass is 9.95. The molecule has 2 aromatic heterocycles. The summed E-state index contributed by atoms with van der Waals surface area (Å²) in [6, 6.07) is 28.4. The van der Waals surface area contributed by atoms with Crippen LogP contribution in [0.2, 0.25) is 0 Å². The fraction of sp³-hybridized carbons (Fsp3) is 0.167. The highest BCUT2D eigenvalue weighted by Crippen LogP contribution is 2.39. The second-order valence-electron chi connectivity index (χ2n) is 11.1. The van der Waals surface area contributed by atoms with E-state index in [-0.39, 0.29) is 0 Å². The first-order valence-corrected chi connectivity index (χ1v) is 14.1. The number of furan rings is 1. The largest absolute Gasteiger partial charge is 0.486 e. The van der Waals surface area contributed by atoms with Crippen LogP contribution in [0, 0.1) is 6.92 Å². The fourth-order valence-corrected chi connectivity index (χ4v) is 6.45. The first-order chi connectivity index (χ1) is 19.6. The van der Waals surface area contributed by atoms with Gasteiger partial charge in [0.15, 0.2) is 0 Å². The molecule has 40 heavy (non-hydrogen) atoms. The Morgan fingerprint density at radius 2 is 1.73 bits per heavy atom. The number of ether oxygens (including phenoxy) is 1. The van der Waals surface area contributed by atoms with E-state index in [9.17, 15) is 0 Å². The highest BCUT2D eigenvalue weighted by molar-refractivity contribution is 6.10. The molecule has 0 bridgehead atoms. The highest BCUT2D eigenvalue weighted by Gasteiger charge is 2.26. The van der Waals surface area contributed by atoms with Crippen LogP contribution >= 0.6 is 0 Å². The summed E-state index contributed by atoms with van der Waals surface area (Å²) >= 11 is 0. The van der Waals surface area contributed by atoms with E-state index in [1.54, 1.807) is 0 Å². The predicted molar refractivity (Wildman–Crippen MR) is 163 cm³/mol. The van der Waals surface area contributed by atoms with E-state index in [2.05, 4.69) is 96.4 Å². The molecule has 4 heteroatoms. The van der Waals surface area contributed by atoms with Crippen molar-refractivity contribution in [2.24, 2.45) is 5.73 Å². The number of nitrogens with two attached hydrogens (primary N) is 1. The third-order valence-electron chi connectivity index (χ3n) is 8.45. The van der Waals surface area contributed by atoms with Gasteiger partial charge in [-0.2, -0.15) is 0 Å². The minimum Gasteiger partial charge on any atom is -0.486 e. The Bertz CT molecular complexity index is 2020. The summed E-state index contributed by atoms with van der Waals surface area (Å²) < 4.78 is 15.0. The molecule has 2 aliphatic rings. The van der Waals surface area contributed by atoms with Gasteiger partial charge in [-0.3, -0.25) is 0 Å². The number of hydrogen-bond acceptors (Lipinski definition) is 3. The maximum Gasteiger partial charge on any atom is 0.149 e. The van der Waals surface area contributed by atoms with Gasteiger partial charge < -0.3 is 19.5 Å². The van der Waals surface area contributed by atoms with Crippen LogP contribution in [0.15, 0.2) is 95.1 Å². The van der Waals surface area contributed by atoms with E-state index in [0.29, 0.717) is 6.61 Å². The first kappa shape index (κ1) is 23.2. The van der Waals surface area contributed by atoms with Gasteiger partial charge in [0.2, 0.25) is 0 Å². The molecule has 0 atom stereocenters. The van der Waals surface area contributed by atoms with E-state index in [0.717, 1.165) is 70.7 Å². The smallest absolute Gasteiger partial charge is 0.149 e. The molecule has 0 spiro atoms. The summed E-state index contributed by atoms with van der Waals surface area (Å²) in [4.78, 5) is 0. The number of aryl methyl sites for hydroxylation is 3. The minimum absolute atomic E-state index is 0.446. The number of allylic oxidation sites excluding steroid dienone is 2. The Hall–Kier alpha value is -4.70. The first-order valence-electron chi connectivity index (χ1n) is 14.1. The van der Waals surface area contributed by atoms with Crippen molar-refractivity contribution in [1.82, 2.24) is 4.57 Å². The van der Waals surface area contributed by atoms with Gasteiger partial charge in [0.1, 0.15) is 23.7 Å². The van der Waals surface area contributed by atoms with Crippen LogP contribution in [0.1, 0.15) is 46.4 Å². The van der Waals surface area contributed by atoms with Gasteiger partial charge in [-0.25, -0.2) is 0 Å². The monoisotopic (exact) mass is 522 g/mol. The summed E-state index contributed by atoms with van der Waals surface area (Å²) in [5.41, 5.74) is 17.9. The molecule has 0 aliphatic heterocycles. The molecule has 8 rings (SSSR count). The summed E-state index contributed by atoms with van der Waals surface area (Å²) in [6.45, 7) is 2.54. The highest BCUT2D eigenvalue weighted by atomic mass is 16.5. The molecule has 0 fully saturated rings. The fourth-order valence-electron chi connectivity index (χ4n) is 6.45. The van der Waals surface area contributed by atoms with Crippen molar-refractivity contribution in [2.45, 2.75) is 39.2 Å². The van der Waals surface area contributed by atoms with Crippen LogP contribution in [-0.4, -0.2) is 4.57 Å². The minimum atomic E-state index is 0.446. The molecule has 4 aromatic carbocycles. The van der Waals surface area contributed by atoms with Crippen LogP contribution in [0.4, 0.5) is 0 Å². The van der Waals surface area contributed by atoms with Crippen molar-refractivity contribution in [2.75, 3.05) is 0 Å². The zero-order chi connectivity index (χ0) is 26.8. The van der Waals surface area contributed by atoms with Gasteiger partial charge in [-0.05, 0) is 85.3 Å². The van der Waals surface area contributed by atoms with E-state index in [4.69, 9.17) is 14.9 Å². The molecular weight excluding hydrogens is 492 g/mol. The zero-order valence-electron chi connectivity index (χ0n) is 22.5.